The first-order valence-electron chi connectivity index (χ1n) is 5.99. The van der Waals surface area contributed by atoms with Gasteiger partial charge in [-0.25, -0.2) is 0 Å². The fourth-order valence-corrected chi connectivity index (χ4v) is 2.12. The van der Waals surface area contributed by atoms with E-state index in [0.29, 0.717) is 5.92 Å². The van der Waals surface area contributed by atoms with Crippen molar-refractivity contribution in [3.05, 3.63) is 48.2 Å². The van der Waals surface area contributed by atoms with Crippen LogP contribution in [0, 0.1) is 0 Å². The average Bonchev–Trinajstić information content (AvgIpc) is 2.85. The van der Waals surface area contributed by atoms with Gasteiger partial charge in [0, 0.05) is 5.56 Å². The van der Waals surface area contributed by atoms with E-state index in [1.165, 1.54) is 18.4 Å². The van der Waals surface area contributed by atoms with Crippen molar-refractivity contribution in [2.45, 2.75) is 32.6 Å². The second-order valence-corrected chi connectivity index (χ2v) is 4.11. The standard InChI is InChI=1S/C15H18O/c1-3-12(4-2)13-7-9-14(10-8-13)15-6-5-11-16-15/h5-12H,3-4H2,1-2H3. The molecule has 0 unspecified atom stereocenters. The van der Waals surface area contributed by atoms with Gasteiger partial charge in [-0.3, -0.25) is 0 Å². The molecular formula is C15H18O. The first kappa shape index (κ1) is 11.0. The normalized spacial score (nSPS) is 10.9. The van der Waals surface area contributed by atoms with E-state index in [-0.39, 0.29) is 0 Å². The molecule has 2 aromatic rings. The highest BCUT2D eigenvalue weighted by Gasteiger charge is 2.07. The van der Waals surface area contributed by atoms with Gasteiger partial charge in [0.2, 0.25) is 0 Å². The van der Waals surface area contributed by atoms with Gasteiger partial charge in [-0.05, 0) is 36.5 Å². The quantitative estimate of drug-likeness (QED) is 0.709. The molecule has 0 aliphatic carbocycles. The summed E-state index contributed by atoms with van der Waals surface area (Å²) in [7, 11) is 0. The van der Waals surface area contributed by atoms with Crippen molar-refractivity contribution < 1.29 is 4.42 Å². The zero-order valence-corrected chi connectivity index (χ0v) is 9.94. The maximum atomic E-state index is 5.37. The van der Waals surface area contributed by atoms with E-state index in [1.807, 2.05) is 12.1 Å². The van der Waals surface area contributed by atoms with Crippen LogP contribution < -0.4 is 0 Å². The summed E-state index contributed by atoms with van der Waals surface area (Å²) in [4.78, 5) is 0. The second kappa shape index (κ2) is 5.02. The fraction of sp³-hybridized carbons (Fsp3) is 0.333. The summed E-state index contributed by atoms with van der Waals surface area (Å²) in [6.07, 6.45) is 4.12. The van der Waals surface area contributed by atoms with Crippen LogP contribution in [0.15, 0.2) is 47.1 Å². The van der Waals surface area contributed by atoms with Crippen LogP contribution in [0.5, 0.6) is 0 Å². The number of hydrogen-bond acceptors (Lipinski definition) is 1. The molecular weight excluding hydrogens is 196 g/mol. The predicted molar refractivity (Wildman–Crippen MR) is 67.5 cm³/mol. The molecule has 0 saturated heterocycles. The molecule has 0 saturated carbocycles. The van der Waals surface area contributed by atoms with Gasteiger partial charge >= 0.3 is 0 Å². The highest BCUT2D eigenvalue weighted by atomic mass is 16.3. The topological polar surface area (TPSA) is 13.1 Å². The van der Waals surface area contributed by atoms with E-state index < -0.39 is 0 Å². The molecule has 84 valence electrons. The monoisotopic (exact) mass is 214 g/mol. The lowest BCUT2D eigenvalue weighted by atomic mass is 9.93. The first-order valence-corrected chi connectivity index (χ1v) is 5.99. The van der Waals surface area contributed by atoms with E-state index >= 15 is 0 Å². The second-order valence-electron chi connectivity index (χ2n) is 4.11. The molecule has 16 heavy (non-hydrogen) atoms. The maximum absolute atomic E-state index is 5.37. The third-order valence-electron chi connectivity index (χ3n) is 3.17. The Kier molecular flexibility index (Phi) is 3.45. The Morgan fingerprint density at radius 2 is 1.69 bits per heavy atom. The van der Waals surface area contributed by atoms with E-state index in [2.05, 4.69) is 38.1 Å². The highest BCUT2D eigenvalue weighted by molar-refractivity contribution is 5.57. The number of furan rings is 1. The van der Waals surface area contributed by atoms with Gasteiger partial charge in [0.15, 0.2) is 0 Å². The molecule has 2 rings (SSSR count). The molecule has 0 spiro atoms. The van der Waals surface area contributed by atoms with Crippen molar-refractivity contribution in [3.8, 4) is 11.3 Å². The Hall–Kier alpha value is -1.50. The third-order valence-corrected chi connectivity index (χ3v) is 3.17. The minimum atomic E-state index is 0.686. The van der Waals surface area contributed by atoms with Crippen molar-refractivity contribution >= 4 is 0 Å². The van der Waals surface area contributed by atoms with E-state index in [4.69, 9.17) is 4.42 Å². The number of hydrogen-bond donors (Lipinski definition) is 0. The van der Waals surface area contributed by atoms with Crippen LogP contribution in [-0.4, -0.2) is 0 Å². The van der Waals surface area contributed by atoms with E-state index in [1.54, 1.807) is 6.26 Å². The van der Waals surface area contributed by atoms with E-state index in [9.17, 15) is 0 Å². The minimum Gasteiger partial charge on any atom is -0.464 e. The Morgan fingerprint density at radius 3 is 2.19 bits per heavy atom. The van der Waals surface area contributed by atoms with Crippen LogP contribution in [0.2, 0.25) is 0 Å². The van der Waals surface area contributed by atoms with Gasteiger partial charge < -0.3 is 4.42 Å². The summed E-state index contributed by atoms with van der Waals surface area (Å²) in [6, 6.07) is 12.6. The summed E-state index contributed by atoms with van der Waals surface area (Å²) in [6.45, 7) is 4.49. The lowest BCUT2D eigenvalue weighted by Crippen LogP contribution is -1.94. The van der Waals surface area contributed by atoms with Crippen molar-refractivity contribution in [3.63, 3.8) is 0 Å². The number of benzene rings is 1. The molecule has 0 amide bonds. The summed E-state index contributed by atoms with van der Waals surface area (Å²) in [5.74, 6) is 1.63. The summed E-state index contributed by atoms with van der Waals surface area (Å²) in [5, 5.41) is 0. The molecule has 1 aromatic heterocycles. The van der Waals surface area contributed by atoms with Gasteiger partial charge in [0.05, 0.1) is 6.26 Å². The van der Waals surface area contributed by atoms with Gasteiger partial charge in [-0.2, -0.15) is 0 Å². The lowest BCUT2D eigenvalue weighted by Gasteiger charge is -2.12. The van der Waals surface area contributed by atoms with Crippen LogP contribution in [0.25, 0.3) is 11.3 Å². The smallest absolute Gasteiger partial charge is 0.133 e. The van der Waals surface area contributed by atoms with Crippen LogP contribution in [0.1, 0.15) is 38.2 Å². The summed E-state index contributed by atoms with van der Waals surface area (Å²) in [5.41, 5.74) is 2.58. The van der Waals surface area contributed by atoms with Crippen molar-refractivity contribution in [1.82, 2.24) is 0 Å². The number of rotatable bonds is 4. The molecule has 0 N–H and O–H groups in total. The molecule has 1 heterocycles. The molecule has 1 heteroatoms. The molecule has 0 fully saturated rings. The molecule has 0 atom stereocenters. The average molecular weight is 214 g/mol. The van der Waals surface area contributed by atoms with Gasteiger partial charge in [-0.1, -0.05) is 38.1 Å². The van der Waals surface area contributed by atoms with Crippen molar-refractivity contribution in [2.24, 2.45) is 0 Å². The highest BCUT2D eigenvalue weighted by Crippen LogP contribution is 2.26. The zero-order chi connectivity index (χ0) is 11.4. The molecule has 0 bridgehead atoms. The molecule has 1 nitrogen and oxygen atoms in total. The Bertz CT molecular complexity index is 407. The Balaban J connectivity index is 2.22. The van der Waals surface area contributed by atoms with Crippen LogP contribution >= 0.6 is 0 Å². The largest absolute Gasteiger partial charge is 0.464 e. The van der Waals surface area contributed by atoms with Crippen LogP contribution in [0.4, 0.5) is 0 Å². The van der Waals surface area contributed by atoms with Gasteiger partial charge in [-0.15, -0.1) is 0 Å². The fourth-order valence-electron chi connectivity index (χ4n) is 2.12. The SMILES string of the molecule is CCC(CC)c1ccc(-c2ccco2)cc1. The van der Waals surface area contributed by atoms with Crippen LogP contribution in [0.3, 0.4) is 0 Å². The third kappa shape index (κ3) is 2.19. The van der Waals surface area contributed by atoms with Gasteiger partial charge in [0.25, 0.3) is 0 Å². The lowest BCUT2D eigenvalue weighted by molar-refractivity contribution is 0.582. The van der Waals surface area contributed by atoms with Crippen molar-refractivity contribution in [2.75, 3.05) is 0 Å². The van der Waals surface area contributed by atoms with Crippen LogP contribution in [-0.2, 0) is 0 Å². The maximum Gasteiger partial charge on any atom is 0.133 e. The molecule has 0 aliphatic heterocycles. The molecule has 1 aromatic carbocycles. The van der Waals surface area contributed by atoms with E-state index in [0.717, 1.165) is 11.3 Å². The Labute approximate surface area is 97.1 Å². The Morgan fingerprint density at radius 1 is 1.00 bits per heavy atom. The van der Waals surface area contributed by atoms with Crippen molar-refractivity contribution in [1.29, 1.82) is 0 Å². The molecule has 0 aliphatic rings. The predicted octanol–water partition coefficient (Wildman–Crippen LogP) is 4.85. The first-order chi connectivity index (χ1) is 7.85. The summed E-state index contributed by atoms with van der Waals surface area (Å²) < 4.78 is 5.37. The van der Waals surface area contributed by atoms with Gasteiger partial charge in [0.1, 0.15) is 5.76 Å². The minimum absolute atomic E-state index is 0.686. The zero-order valence-electron chi connectivity index (χ0n) is 9.94. The summed E-state index contributed by atoms with van der Waals surface area (Å²) >= 11 is 0. The molecule has 0 radical (unpaired) electrons.